The molecule has 0 fully saturated rings. The number of nitriles is 1. The van der Waals surface area contributed by atoms with Crippen LogP contribution in [0.2, 0.25) is 0 Å². The lowest BCUT2D eigenvalue weighted by Gasteiger charge is -2.23. The van der Waals surface area contributed by atoms with Crippen molar-refractivity contribution in [2.75, 3.05) is 11.9 Å². The van der Waals surface area contributed by atoms with Gasteiger partial charge in [-0.15, -0.1) is 0 Å². The van der Waals surface area contributed by atoms with Crippen LogP contribution in [0.15, 0.2) is 23.1 Å². The number of fused-ring (bicyclic) bond motifs is 1. The lowest BCUT2D eigenvalue weighted by Crippen LogP contribution is -2.29. The number of hydrogen-bond acceptors (Lipinski definition) is 4. The molecule has 0 bridgehead atoms. The maximum Gasteiger partial charge on any atom is 0.143 e. The Bertz CT molecular complexity index is 479. The highest BCUT2D eigenvalue weighted by Crippen LogP contribution is 2.48. The third-order valence-electron chi connectivity index (χ3n) is 2.91. The molecule has 0 spiro atoms. The van der Waals surface area contributed by atoms with Crippen LogP contribution in [0.1, 0.15) is 27.2 Å². The van der Waals surface area contributed by atoms with E-state index in [1.165, 1.54) is 0 Å². The van der Waals surface area contributed by atoms with E-state index in [0.717, 1.165) is 29.4 Å². The van der Waals surface area contributed by atoms with Gasteiger partial charge in [-0.05, 0) is 32.4 Å². The fourth-order valence-corrected chi connectivity index (χ4v) is 2.97. The molecule has 0 aromatic heterocycles. The maximum atomic E-state index is 9.21. The first-order valence-electron chi connectivity index (χ1n) is 6.18. The third kappa shape index (κ3) is 2.41. The van der Waals surface area contributed by atoms with E-state index >= 15 is 0 Å². The number of para-hydroxylation sites is 1. The Morgan fingerprint density at radius 3 is 2.94 bits per heavy atom. The van der Waals surface area contributed by atoms with Crippen molar-refractivity contribution >= 4 is 17.4 Å². The summed E-state index contributed by atoms with van der Waals surface area (Å²) in [6, 6.07) is 8.40. The van der Waals surface area contributed by atoms with E-state index in [9.17, 15) is 5.26 Å². The van der Waals surface area contributed by atoms with Crippen molar-refractivity contribution in [3.05, 3.63) is 18.2 Å². The van der Waals surface area contributed by atoms with Crippen LogP contribution in [0.4, 0.5) is 5.69 Å². The molecule has 1 aromatic rings. The molecule has 1 unspecified atom stereocenters. The quantitative estimate of drug-likeness (QED) is 0.894. The summed E-state index contributed by atoms with van der Waals surface area (Å²) in [6.45, 7) is 6.72. The Hall–Kier alpha value is -1.34. The zero-order chi connectivity index (χ0) is 13.2. The zero-order valence-corrected chi connectivity index (χ0v) is 11.8. The number of thioether (sulfide) groups is 1. The van der Waals surface area contributed by atoms with Crippen LogP contribution in [0.3, 0.4) is 0 Å². The first-order chi connectivity index (χ1) is 8.58. The normalized spacial score (nSPS) is 17.8. The van der Waals surface area contributed by atoms with Crippen LogP contribution in [0.25, 0.3) is 0 Å². The number of anilines is 1. The van der Waals surface area contributed by atoms with Crippen LogP contribution in [-0.4, -0.2) is 12.0 Å². The van der Waals surface area contributed by atoms with E-state index in [1.54, 1.807) is 11.8 Å². The topological polar surface area (TPSA) is 45.0 Å². The summed E-state index contributed by atoms with van der Waals surface area (Å²) in [5.41, 5.74) is 0.621. The van der Waals surface area contributed by atoms with Crippen molar-refractivity contribution in [1.29, 1.82) is 5.26 Å². The second-order valence-electron chi connectivity index (χ2n) is 4.95. The van der Waals surface area contributed by atoms with Gasteiger partial charge in [-0.3, -0.25) is 0 Å². The number of ether oxygens (including phenoxy) is 1. The van der Waals surface area contributed by atoms with Crippen molar-refractivity contribution in [2.45, 2.75) is 37.5 Å². The molecule has 0 aliphatic carbocycles. The second-order valence-corrected chi connectivity index (χ2v) is 6.10. The molecule has 0 saturated carbocycles. The lowest BCUT2D eigenvalue weighted by molar-refractivity contribution is 0.318. The molecule has 3 nitrogen and oxygen atoms in total. The highest BCUT2D eigenvalue weighted by atomic mass is 32.2. The minimum atomic E-state index is -0.411. The number of rotatable bonds is 4. The second kappa shape index (κ2) is 5.11. The van der Waals surface area contributed by atoms with E-state index in [1.807, 2.05) is 26.0 Å². The molecule has 1 N–H and O–H groups in total. The van der Waals surface area contributed by atoms with Gasteiger partial charge in [0.15, 0.2) is 0 Å². The summed E-state index contributed by atoms with van der Waals surface area (Å²) in [4.78, 5) is 1.16. The standard InChI is InChI=1S/C14H18N2OS/c1-4-8-17-10-6-5-7-11-12(10)16-13(18-11)14(2,3)9-15/h5-7,13,16H,4,8H2,1-3H3. The predicted molar refractivity (Wildman–Crippen MR) is 74.9 cm³/mol. The zero-order valence-electron chi connectivity index (χ0n) is 11.0. The summed E-state index contributed by atoms with van der Waals surface area (Å²) >= 11 is 1.70. The monoisotopic (exact) mass is 262 g/mol. The molecule has 4 heteroatoms. The average molecular weight is 262 g/mol. The van der Waals surface area contributed by atoms with Gasteiger partial charge in [0.05, 0.1) is 29.2 Å². The van der Waals surface area contributed by atoms with Gasteiger partial charge in [-0.2, -0.15) is 5.26 Å². The summed E-state index contributed by atoms with van der Waals surface area (Å²) in [5.74, 6) is 0.887. The third-order valence-corrected chi connectivity index (χ3v) is 4.45. The largest absolute Gasteiger partial charge is 0.491 e. The Balaban J connectivity index is 2.22. The van der Waals surface area contributed by atoms with Crippen molar-refractivity contribution in [1.82, 2.24) is 0 Å². The molecule has 18 heavy (non-hydrogen) atoms. The SMILES string of the molecule is CCCOc1cccc2c1NC(C(C)(C)C#N)S2. The smallest absolute Gasteiger partial charge is 0.143 e. The van der Waals surface area contributed by atoms with E-state index < -0.39 is 5.41 Å². The lowest BCUT2D eigenvalue weighted by atomic mass is 9.95. The number of nitrogens with one attached hydrogen (secondary N) is 1. The molecule has 96 valence electrons. The van der Waals surface area contributed by atoms with Gasteiger partial charge >= 0.3 is 0 Å². The van der Waals surface area contributed by atoms with Crippen molar-refractivity contribution in [3.63, 3.8) is 0 Å². The van der Waals surface area contributed by atoms with Crippen molar-refractivity contribution in [3.8, 4) is 11.8 Å². The van der Waals surface area contributed by atoms with Gasteiger partial charge in [0, 0.05) is 4.90 Å². The van der Waals surface area contributed by atoms with Crippen LogP contribution >= 0.6 is 11.8 Å². The summed E-state index contributed by atoms with van der Waals surface area (Å²) < 4.78 is 5.73. The molecule has 1 heterocycles. The summed E-state index contributed by atoms with van der Waals surface area (Å²) in [6.07, 6.45) is 0.990. The van der Waals surface area contributed by atoms with E-state index in [2.05, 4.69) is 24.4 Å². The Labute approximate surface area is 113 Å². The molecule has 1 atom stereocenters. The van der Waals surface area contributed by atoms with E-state index in [-0.39, 0.29) is 5.37 Å². The van der Waals surface area contributed by atoms with E-state index in [4.69, 9.17) is 4.74 Å². The average Bonchev–Trinajstić information content (AvgIpc) is 2.81. The Morgan fingerprint density at radius 1 is 1.50 bits per heavy atom. The van der Waals surface area contributed by atoms with E-state index in [0.29, 0.717) is 0 Å². The minimum Gasteiger partial charge on any atom is -0.491 e. The molecular formula is C14H18N2OS. The van der Waals surface area contributed by atoms with Crippen LogP contribution in [-0.2, 0) is 0 Å². The molecule has 2 rings (SSSR count). The molecule has 1 aliphatic heterocycles. The van der Waals surface area contributed by atoms with Crippen molar-refractivity contribution < 1.29 is 4.74 Å². The van der Waals surface area contributed by atoms with Gasteiger partial charge in [0.1, 0.15) is 5.75 Å². The first kappa shape index (κ1) is 13.1. The molecule has 0 saturated heterocycles. The van der Waals surface area contributed by atoms with Gasteiger partial charge in [-0.1, -0.05) is 24.8 Å². The number of nitrogens with zero attached hydrogens (tertiary/aromatic N) is 1. The van der Waals surface area contributed by atoms with Gasteiger partial charge < -0.3 is 10.1 Å². The fraction of sp³-hybridized carbons (Fsp3) is 0.500. The molecule has 1 aromatic carbocycles. The number of hydrogen-bond donors (Lipinski definition) is 1. The Morgan fingerprint density at radius 2 is 2.28 bits per heavy atom. The van der Waals surface area contributed by atoms with Crippen LogP contribution < -0.4 is 10.1 Å². The van der Waals surface area contributed by atoms with Crippen LogP contribution in [0, 0.1) is 16.7 Å². The predicted octanol–water partition coefficient (Wildman–Crippen LogP) is 3.87. The first-order valence-corrected chi connectivity index (χ1v) is 7.06. The fourth-order valence-electron chi connectivity index (χ4n) is 1.76. The molecular weight excluding hydrogens is 244 g/mol. The van der Waals surface area contributed by atoms with Crippen LogP contribution in [0.5, 0.6) is 5.75 Å². The molecule has 0 amide bonds. The number of benzene rings is 1. The highest BCUT2D eigenvalue weighted by Gasteiger charge is 2.36. The minimum absolute atomic E-state index is 0.0730. The highest BCUT2D eigenvalue weighted by molar-refractivity contribution is 8.00. The van der Waals surface area contributed by atoms with Gasteiger partial charge in [-0.25, -0.2) is 0 Å². The summed E-state index contributed by atoms with van der Waals surface area (Å²) in [7, 11) is 0. The molecule has 1 aliphatic rings. The molecule has 0 radical (unpaired) electrons. The maximum absolute atomic E-state index is 9.21. The summed E-state index contributed by atoms with van der Waals surface area (Å²) in [5, 5.41) is 12.7. The van der Waals surface area contributed by atoms with Crippen molar-refractivity contribution in [2.24, 2.45) is 5.41 Å². The van der Waals surface area contributed by atoms with Gasteiger partial charge in [0.25, 0.3) is 0 Å². The van der Waals surface area contributed by atoms with Gasteiger partial charge in [0.2, 0.25) is 0 Å². The Kier molecular flexibility index (Phi) is 3.72.